The number of aliphatic carboxylic acids is 1. The number of hydrogen-bond acceptors (Lipinski definition) is 3. The van der Waals surface area contributed by atoms with Gasteiger partial charge in [-0.2, -0.15) is 0 Å². The molecule has 0 bridgehead atoms. The fourth-order valence-corrected chi connectivity index (χ4v) is 2.60. The summed E-state index contributed by atoms with van der Waals surface area (Å²) in [5.74, 6) is -1.10. The summed E-state index contributed by atoms with van der Waals surface area (Å²) in [5.41, 5.74) is 0.816. The molecule has 0 saturated carbocycles. The van der Waals surface area contributed by atoms with Crippen molar-refractivity contribution in [1.82, 2.24) is 5.32 Å². The van der Waals surface area contributed by atoms with Crippen molar-refractivity contribution >= 4 is 5.97 Å². The lowest BCUT2D eigenvalue weighted by atomic mass is 9.82. The highest BCUT2D eigenvalue weighted by molar-refractivity contribution is 5.75. The van der Waals surface area contributed by atoms with E-state index in [9.17, 15) is 14.3 Å². The Hall–Kier alpha value is -1.46. The third kappa shape index (κ3) is 3.55. The van der Waals surface area contributed by atoms with Crippen molar-refractivity contribution in [3.63, 3.8) is 0 Å². The van der Waals surface area contributed by atoms with Crippen LogP contribution in [0.3, 0.4) is 0 Å². The number of aryl methyl sites for hydroxylation is 1. The SMILES string of the molecule is Cc1cc(F)cc(CNCC2(C(=O)O)CCCOC2)c1. The van der Waals surface area contributed by atoms with E-state index in [0.717, 1.165) is 17.5 Å². The molecule has 5 heteroatoms. The highest BCUT2D eigenvalue weighted by Gasteiger charge is 2.40. The lowest BCUT2D eigenvalue weighted by Crippen LogP contribution is -2.46. The topological polar surface area (TPSA) is 58.6 Å². The van der Waals surface area contributed by atoms with E-state index in [-0.39, 0.29) is 12.4 Å². The van der Waals surface area contributed by atoms with Crippen LogP contribution in [0.2, 0.25) is 0 Å². The van der Waals surface area contributed by atoms with Crippen molar-refractivity contribution in [2.24, 2.45) is 5.41 Å². The molecule has 0 amide bonds. The van der Waals surface area contributed by atoms with Crippen LogP contribution in [-0.4, -0.2) is 30.8 Å². The van der Waals surface area contributed by atoms with E-state index in [0.29, 0.717) is 26.1 Å². The van der Waals surface area contributed by atoms with Crippen molar-refractivity contribution in [2.75, 3.05) is 19.8 Å². The second-order valence-corrected chi connectivity index (χ2v) is 5.48. The highest BCUT2D eigenvalue weighted by Crippen LogP contribution is 2.28. The molecule has 1 aromatic carbocycles. The molecule has 1 saturated heterocycles. The van der Waals surface area contributed by atoms with Crippen molar-refractivity contribution in [3.8, 4) is 0 Å². The summed E-state index contributed by atoms with van der Waals surface area (Å²) in [4.78, 5) is 11.4. The quantitative estimate of drug-likeness (QED) is 0.868. The molecule has 110 valence electrons. The molecule has 0 radical (unpaired) electrons. The van der Waals surface area contributed by atoms with Crippen LogP contribution in [0.1, 0.15) is 24.0 Å². The zero-order valence-electron chi connectivity index (χ0n) is 11.6. The summed E-state index contributed by atoms with van der Waals surface area (Å²) in [6, 6.07) is 4.82. The molecule has 0 aromatic heterocycles. The Morgan fingerprint density at radius 1 is 1.50 bits per heavy atom. The van der Waals surface area contributed by atoms with Crippen molar-refractivity contribution in [2.45, 2.75) is 26.3 Å². The molecule has 1 fully saturated rings. The van der Waals surface area contributed by atoms with Gasteiger partial charge in [-0.25, -0.2) is 4.39 Å². The molecule has 1 aliphatic rings. The first-order chi connectivity index (χ1) is 9.52. The van der Waals surface area contributed by atoms with E-state index in [1.165, 1.54) is 12.1 Å². The average molecular weight is 281 g/mol. The third-order valence-corrected chi connectivity index (χ3v) is 3.67. The van der Waals surface area contributed by atoms with Gasteiger partial charge in [0.15, 0.2) is 0 Å². The van der Waals surface area contributed by atoms with Crippen LogP contribution >= 0.6 is 0 Å². The van der Waals surface area contributed by atoms with Crippen LogP contribution in [0.4, 0.5) is 4.39 Å². The highest BCUT2D eigenvalue weighted by atomic mass is 19.1. The summed E-state index contributed by atoms with van der Waals surface area (Å²) < 4.78 is 18.6. The monoisotopic (exact) mass is 281 g/mol. The van der Waals surface area contributed by atoms with Gasteiger partial charge in [0.2, 0.25) is 0 Å². The Labute approximate surface area is 117 Å². The minimum absolute atomic E-state index is 0.234. The zero-order chi connectivity index (χ0) is 14.6. The molecule has 20 heavy (non-hydrogen) atoms. The summed E-state index contributed by atoms with van der Waals surface area (Å²) in [6.45, 7) is 3.47. The van der Waals surface area contributed by atoms with E-state index >= 15 is 0 Å². The van der Waals surface area contributed by atoms with Crippen molar-refractivity contribution < 1.29 is 19.0 Å². The van der Waals surface area contributed by atoms with Gasteiger partial charge in [-0.05, 0) is 43.0 Å². The van der Waals surface area contributed by atoms with Crippen LogP contribution in [0.25, 0.3) is 0 Å². The molecule has 2 N–H and O–H groups in total. The minimum atomic E-state index is -0.860. The summed E-state index contributed by atoms with van der Waals surface area (Å²) in [6.07, 6.45) is 1.37. The Morgan fingerprint density at radius 2 is 2.30 bits per heavy atom. The molecular formula is C15H20FNO3. The largest absolute Gasteiger partial charge is 0.481 e. The molecule has 1 aliphatic heterocycles. The van der Waals surface area contributed by atoms with Gasteiger partial charge in [-0.1, -0.05) is 6.07 Å². The fraction of sp³-hybridized carbons (Fsp3) is 0.533. The maximum atomic E-state index is 13.3. The van der Waals surface area contributed by atoms with E-state index in [4.69, 9.17) is 4.74 Å². The minimum Gasteiger partial charge on any atom is -0.481 e. The van der Waals surface area contributed by atoms with E-state index < -0.39 is 11.4 Å². The number of rotatable bonds is 5. The van der Waals surface area contributed by atoms with Gasteiger partial charge in [0.05, 0.1) is 6.61 Å². The van der Waals surface area contributed by atoms with Gasteiger partial charge in [0.25, 0.3) is 0 Å². The Balaban J connectivity index is 1.95. The van der Waals surface area contributed by atoms with Gasteiger partial charge >= 0.3 is 5.97 Å². The van der Waals surface area contributed by atoms with Crippen LogP contribution < -0.4 is 5.32 Å². The van der Waals surface area contributed by atoms with Gasteiger partial charge in [-0.15, -0.1) is 0 Å². The number of nitrogens with one attached hydrogen (secondary N) is 1. The van der Waals surface area contributed by atoms with Crippen LogP contribution in [0, 0.1) is 18.2 Å². The second-order valence-electron chi connectivity index (χ2n) is 5.48. The zero-order valence-corrected chi connectivity index (χ0v) is 11.6. The molecule has 1 heterocycles. The maximum absolute atomic E-state index is 13.3. The summed E-state index contributed by atoms with van der Waals surface area (Å²) in [7, 11) is 0. The lowest BCUT2D eigenvalue weighted by Gasteiger charge is -2.33. The van der Waals surface area contributed by atoms with Gasteiger partial charge in [0.1, 0.15) is 11.2 Å². The predicted molar refractivity (Wildman–Crippen MR) is 73.0 cm³/mol. The first-order valence-corrected chi connectivity index (χ1v) is 6.80. The maximum Gasteiger partial charge on any atom is 0.313 e. The van der Waals surface area contributed by atoms with Crippen LogP contribution in [-0.2, 0) is 16.1 Å². The molecule has 2 rings (SSSR count). The normalized spacial score (nSPS) is 22.7. The summed E-state index contributed by atoms with van der Waals surface area (Å²) >= 11 is 0. The molecule has 0 spiro atoms. The fourth-order valence-electron chi connectivity index (χ4n) is 2.60. The molecule has 1 aromatic rings. The number of hydrogen-bond donors (Lipinski definition) is 2. The number of halogens is 1. The van der Waals surface area contributed by atoms with Gasteiger partial charge in [0, 0.05) is 19.7 Å². The molecule has 1 unspecified atom stereocenters. The smallest absolute Gasteiger partial charge is 0.313 e. The first kappa shape index (κ1) is 14.9. The standard InChI is InChI=1S/C15H20FNO3/c1-11-5-12(7-13(16)6-11)8-17-9-15(14(18)19)3-2-4-20-10-15/h5-7,17H,2-4,8-10H2,1H3,(H,18,19). The molecule has 0 aliphatic carbocycles. The van der Waals surface area contributed by atoms with Crippen LogP contribution in [0.15, 0.2) is 18.2 Å². The Morgan fingerprint density at radius 3 is 2.90 bits per heavy atom. The molecule has 1 atom stereocenters. The number of carbonyl (C=O) groups is 1. The van der Waals surface area contributed by atoms with E-state index in [1.807, 2.05) is 13.0 Å². The number of benzene rings is 1. The van der Waals surface area contributed by atoms with E-state index in [1.54, 1.807) is 0 Å². The predicted octanol–water partition coefficient (Wildman–Crippen LogP) is 2.11. The van der Waals surface area contributed by atoms with Crippen molar-refractivity contribution in [3.05, 3.63) is 35.1 Å². The van der Waals surface area contributed by atoms with E-state index in [2.05, 4.69) is 5.32 Å². The first-order valence-electron chi connectivity index (χ1n) is 6.80. The van der Waals surface area contributed by atoms with Crippen molar-refractivity contribution in [1.29, 1.82) is 0 Å². The van der Waals surface area contributed by atoms with Crippen LogP contribution in [0.5, 0.6) is 0 Å². The Kier molecular flexibility index (Phi) is 4.73. The molecular weight excluding hydrogens is 261 g/mol. The average Bonchev–Trinajstić information content (AvgIpc) is 2.38. The number of carboxylic acids is 1. The number of carboxylic acid groups (broad SMARTS) is 1. The third-order valence-electron chi connectivity index (χ3n) is 3.67. The molecule has 4 nitrogen and oxygen atoms in total. The Bertz CT molecular complexity index is 464. The van der Waals surface area contributed by atoms with Gasteiger partial charge < -0.3 is 15.2 Å². The summed E-state index contributed by atoms with van der Waals surface area (Å²) in [5, 5.41) is 12.5. The second kappa shape index (κ2) is 6.33. The van der Waals surface area contributed by atoms with Gasteiger partial charge in [-0.3, -0.25) is 4.79 Å². The lowest BCUT2D eigenvalue weighted by molar-refractivity contribution is -0.156. The number of ether oxygens (including phenoxy) is 1.